The first-order valence-corrected chi connectivity index (χ1v) is 7.75. The number of hydrogen-bond acceptors (Lipinski definition) is 4. The van der Waals surface area contributed by atoms with Crippen molar-refractivity contribution in [1.82, 2.24) is 4.90 Å². The van der Waals surface area contributed by atoms with E-state index in [-0.39, 0.29) is 11.3 Å². The molecule has 1 aliphatic heterocycles. The van der Waals surface area contributed by atoms with E-state index in [1.165, 1.54) is 16.7 Å². The normalized spacial score (nSPS) is 22.2. The number of thioether (sulfide) groups is 1. The van der Waals surface area contributed by atoms with Crippen LogP contribution in [0.2, 0.25) is 0 Å². The molecule has 20 heavy (non-hydrogen) atoms. The van der Waals surface area contributed by atoms with E-state index < -0.39 is 12.0 Å². The molecule has 1 fully saturated rings. The second-order valence-corrected chi connectivity index (χ2v) is 6.54. The molecule has 108 valence electrons. The lowest BCUT2D eigenvalue weighted by Crippen LogP contribution is -2.51. The highest BCUT2D eigenvalue weighted by Gasteiger charge is 2.38. The Labute approximate surface area is 123 Å². The molecule has 2 atom stereocenters. The van der Waals surface area contributed by atoms with Crippen LogP contribution in [0.25, 0.3) is 0 Å². The average Bonchev–Trinajstić information content (AvgIpc) is 2.82. The lowest BCUT2D eigenvalue weighted by molar-refractivity contribution is -0.310. The van der Waals surface area contributed by atoms with Gasteiger partial charge in [-0.2, -0.15) is 0 Å². The Hall–Kier alpha value is -1.49. The first-order valence-electron chi connectivity index (χ1n) is 6.71. The van der Waals surface area contributed by atoms with Gasteiger partial charge in [0, 0.05) is 11.3 Å². The van der Waals surface area contributed by atoms with Crippen molar-refractivity contribution in [3.8, 4) is 0 Å². The lowest BCUT2D eigenvalue weighted by atomic mass is 10.1. The standard InChI is InChI=1S/C15H19NO3S/c1-10(2)8-13-16(12(9-20-13)15(18)19)14(17)11-6-4-3-5-7-11/h3-7,10,12-13H,8-9H2,1-2H3,(H,18,19)/p-1/t12-,13+/m0/s1. The second kappa shape index (κ2) is 6.31. The highest BCUT2D eigenvalue weighted by molar-refractivity contribution is 8.00. The highest BCUT2D eigenvalue weighted by Crippen LogP contribution is 2.34. The molecule has 0 spiro atoms. The van der Waals surface area contributed by atoms with Crippen molar-refractivity contribution in [3.05, 3.63) is 35.9 Å². The summed E-state index contributed by atoms with van der Waals surface area (Å²) < 4.78 is 0. The number of hydrogen-bond donors (Lipinski definition) is 0. The Kier molecular flexibility index (Phi) is 4.70. The smallest absolute Gasteiger partial charge is 0.255 e. The summed E-state index contributed by atoms with van der Waals surface area (Å²) in [7, 11) is 0. The monoisotopic (exact) mass is 292 g/mol. The molecule has 0 bridgehead atoms. The molecule has 2 rings (SSSR count). The Morgan fingerprint density at radius 1 is 1.35 bits per heavy atom. The van der Waals surface area contributed by atoms with Gasteiger partial charge >= 0.3 is 0 Å². The Bertz CT molecular complexity index is 489. The zero-order chi connectivity index (χ0) is 14.7. The molecule has 0 radical (unpaired) electrons. The molecule has 1 amide bonds. The first kappa shape index (κ1) is 14.9. The molecule has 0 saturated carbocycles. The maximum absolute atomic E-state index is 12.6. The largest absolute Gasteiger partial charge is 0.548 e. The molecular weight excluding hydrogens is 274 g/mol. The molecule has 4 nitrogen and oxygen atoms in total. The van der Waals surface area contributed by atoms with Crippen LogP contribution in [0.4, 0.5) is 0 Å². The average molecular weight is 292 g/mol. The van der Waals surface area contributed by atoms with Crippen LogP contribution in [-0.4, -0.2) is 33.9 Å². The van der Waals surface area contributed by atoms with Crippen LogP contribution in [0.5, 0.6) is 0 Å². The van der Waals surface area contributed by atoms with E-state index in [1.807, 2.05) is 6.07 Å². The quantitative estimate of drug-likeness (QED) is 0.841. The maximum Gasteiger partial charge on any atom is 0.255 e. The predicted octanol–water partition coefficient (Wildman–Crippen LogP) is 1.37. The van der Waals surface area contributed by atoms with E-state index in [2.05, 4.69) is 13.8 Å². The molecular formula is C15H18NO3S-. The van der Waals surface area contributed by atoms with Crippen molar-refractivity contribution >= 4 is 23.6 Å². The van der Waals surface area contributed by atoms with Crippen LogP contribution in [0, 0.1) is 5.92 Å². The van der Waals surface area contributed by atoms with Crippen molar-refractivity contribution in [3.63, 3.8) is 0 Å². The minimum absolute atomic E-state index is 0.0920. The van der Waals surface area contributed by atoms with Crippen LogP contribution in [0.3, 0.4) is 0 Å². The van der Waals surface area contributed by atoms with Gasteiger partial charge in [-0.15, -0.1) is 11.8 Å². The van der Waals surface area contributed by atoms with Gasteiger partial charge in [-0.05, 0) is 24.5 Å². The summed E-state index contributed by atoms with van der Waals surface area (Å²) in [6.45, 7) is 4.14. The summed E-state index contributed by atoms with van der Waals surface area (Å²) in [4.78, 5) is 25.3. The van der Waals surface area contributed by atoms with Gasteiger partial charge in [-0.1, -0.05) is 32.0 Å². The summed E-state index contributed by atoms with van der Waals surface area (Å²) in [5.74, 6) is -0.597. The highest BCUT2D eigenvalue weighted by atomic mass is 32.2. The fourth-order valence-electron chi connectivity index (χ4n) is 2.33. The minimum Gasteiger partial charge on any atom is -0.548 e. The third-order valence-electron chi connectivity index (χ3n) is 3.29. The number of carbonyl (C=O) groups is 2. The molecule has 5 heteroatoms. The molecule has 1 aliphatic rings. The molecule has 0 unspecified atom stereocenters. The van der Waals surface area contributed by atoms with Crippen LogP contribution in [-0.2, 0) is 4.79 Å². The Balaban J connectivity index is 2.26. The number of carboxylic acid groups (broad SMARTS) is 1. The summed E-state index contributed by atoms with van der Waals surface area (Å²) in [5.41, 5.74) is 0.523. The van der Waals surface area contributed by atoms with E-state index in [0.29, 0.717) is 17.2 Å². The summed E-state index contributed by atoms with van der Waals surface area (Å²) in [5, 5.41) is 11.2. The molecule has 1 heterocycles. The molecule has 1 aromatic carbocycles. The summed E-state index contributed by atoms with van der Waals surface area (Å²) in [6, 6.07) is 7.98. The third kappa shape index (κ3) is 3.15. The van der Waals surface area contributed by atoms with Crippen molar-refractivity contribution < 1.29 is 14.7 Å². The molecule has 0 N–H and O–H groups in total. The zero-order valence-electron chi connectivity index (χ0n) is 11.6. The van der Waals surface area contributed by atoms with Gasteiger partial charge in [-0.3, -0.25) is 4.79 Å². The number of amides is 1. The van der Waals surface area contributed by atoms with Crippen LogP contribution >= 0.6 is 11.8 Å². The van der Waals surface area contributed by atoms with Gasteiger partial charge in [0.1, 0.15) is 0 Å². The van der Waals surface area contributed by atoms with Gasteiger partial charge < -0.3 is 14.8 Å². The zero-order valence-corrected chi connectivity index (χ0v) is 12.4. The second-order valence-electron chi connectivity index (χ2n) is 5.33. The van der Waals surface area contributed by atoms with Gasteiger partial charge in [0.15, 0.2) is 0 Å². The van der Waals surface area contributed by atoms with Gasteiger partial charge in [-0.25, -0.2) is 0 Å². The van der Waals surface area contributed by atoms with Gasteiger partial charge in [0.2, 0.25) is 0 Å². The van der Waals surface area contributed by atoms with E-state index in [0.717, 1.165) is 6.42 Å². The Morgan fingerprint density at radius 3 is 2.55 bits per heavy atom. The summed E-state index contributed by atoms with van der Waals surface area (Å²) >= 11 is 1.52. The maximum atomic E-state index is 12.6. The molecule has 0 aromatic heterocycles. The fraction of sp³-hybridized carbons (Fsp3) is 0.467. The van der Waals surface area contributed by atoms with Crippen molar-refractivity contribution in [2.75, 3.05) is 5.75 Å². The van der Waals surface area contributed by atoms with Crippen LogP contribution in [0.15, 0.2) is 30.3 Å². The minimum atomic E-state index is -1.17. The topological polar surface area (TPSA) is 60.4 Å². The summed E-state index contributed by atoms with van der Waals surface area (Å²) in [6.07, 6.45) is 0.785. The van der Waals surface area contributed by atoms with Gasteiger partial charge in [0.25, 0.3) is 5.91 Å². The van der Waals surface area contributed by atoms with Crippen molar-refractivity contribution in [2.24, 2.45) is 5.92 Å². The number of carboxylic acids is 1. The fourth-order valence-corrected chi connectivity index (χ4v) is 3.96. The molecule has 1 aromatic rings. The van der Waals surface area contributed by atoms with Crippen molar-refractivity contribution in [2.45, 2.75) is 31.7 Å². The van der Waals surface area contributed by atoms with E-state index in [1.54, 1.807) is 24.3 Å². The third-order valence-corrected chi connectivity index (χ3v) is 4.61. The molecule has 1 saturated heterocycles. The van der Waals surface area contributed by atoms with E-state index >= 15 is 0 Å². The Morgan fingerprint density at radius 2 is 2.00 bits per heavy atom. The first-order chi connectivity index (χ1) is 9.50. The number of nitrogens with zero attached hydrogens (tertiary/aromatic N) is 1. The van der Waals surface area contributed by atoms with E-state index in [4.69, 9.17) is 0 Å². The van der Waals surface area contributed by atoms with Crippen molar-refractivity contribution in [1.29, 1.82) is 0 Å². The number of benzene rings is 1. The SMILES string of the molecule is CC(C)C[C@H]1SC[C@@H](C(=O)[O-])N1C(=O)c1ccccc1. The molecule has 0 aliphatic carbocycles. The number of carbonyl (C=O) groups excluding carboxylic acids is 2. The lowest BCUT2D eigenvalue weighted by Gasteiger charge is -2.30. The number of rotatable bonds is 4. The van der Waals surface area contributed by atoms with E-state index in [9.17, 15) is 14.7 Å². The van der Waals surface area contributed by atoms with Crippen LogP contribution < -0.4 is 5.11 Å². The number of aliphatic carboxylic acids is 1. The van der Waals surface area contributed by atoms with Crippen LogP contribution in [0.1, 0.15) is 30.6 Å². The van der Waals surface area contributed by atoms with Gasteiger partial charge in [0.05, 0.1) is 17.4 Å². The predicted molar refractivity (Wildman–Crippen MR) is 77.1 cm³/mol.